The van der Waals surface area contributed by atoms with E-state index in [2.05, 4.69) is 10.1 Å². The van der Waals surface area contributed by atoms with Gasteiger partial charge in [-0.25, -0.2) is 4.79 Å². The van der Waals surface area contributed by atoms with Crippen LogP contribution in [0.4, 0.5) is 0 Å². The van der Waals surface area contributed by atoms with Gasteiger partial charge in [-0.2, -0.15) is 0 Å². The molecule has 1 aromatic rings. The Bertz CT molecular complexity index is 561. The van der Waals surface area contributed by atoms with Gasteiger partial charge in [0.25, 0.3) is 0 Å². The first-order valence-electron chi connectivity index (χ1n) is 6.77. The largest absolute Gasteiger partial charge is 0.466 e. The lowest BCUT2D eigenvalue weighted by Crippen LogP contribution is -2.34. The van der Waals surface area contributed by atoms with Crippen LogP contribution < -0.4 is 5.32 Å². The fraction of sp³-hybridized carbons (Fsp3) is 0.312. The smallest absolute Gasteiger partial charge is 0.330 e. The third-order valence-electron chi connectivity index (χ3n) is 3.19. The minimum absolute atomic E-state index is 0.168. The SMILES string of the molecule is COC(=O)/C=C\C(=O)C(C(=O)NC1CC1)c1ccccc1. The molecule has 2 rings (SSSR count). The Kier molecular flexibility index (Phi) is 4.87. The number of carbonyl (C=O) groups excluding carboxylic acids is 3. The van der Waals surface area contributed by atoms with Crippen LogP contribution in [0.25, 0.3) is 0 Å². The first-order chi connectivity index (χ1) is 10.1. The van der Waals surface area contributed by atoms with Crippen LogP contribution in [0, 0.1) is 0 Å². The van der Waals surface area contributed by atoms with Crippen molar-refractivity contribution in [3.63, 3.8) is 0 Å². The van der Waals surface area contributed by atoms with E-state index < -0.39 is 17.7 Å². The number of ketones is 1. The van der Waals surface area contributed by atoms with Crippen LogP contribution in [0.3, 0.4) is 0 Å². The molecule has 21 heavy (non-hydrogen) atoms. The maximum atomic E-state index is 12.3. The molecule has 0 radical (unpaired) electrons. The lowest BCUT2D eigenvalue weighted by molar-refractivity contribution is -0.135. The number of allylic oxidation sites excluding steroid dienone is 1. The molecule has 5 nitrogen and oxygen atoms in total. The second-order valence-electron chi connectivity index (χ2n) is 4.89. The molecule has 0 aliphatic heterocycles. The molecule has 0 spiro atoms. The van der Waals surface area contributed by atoms with Gasteiger partial charge in [0.15, 0.2) is 5.78 Å². The number of hydrogen-bond donors (Lipinski definition) is 1. The van der Waals surface area contributed by atoms with Crippen LogP contribution in [-0.2, 0) is 19.1 Å². The molecule has 1 saturated carbocycles. The van der Waals surface area contributed by atoms with Crippen LogP contribution >= 0.6 is 0 Å². The Morgan fingerprint density at radius 1 is 1.19 bits per heavy atom. The summed E-state index contributed by atoms with van der Waals surface area (Å²) in [6, 6.07) is 8.96. The van der Waals surface area contributed by atoms with Gasteiger partial charge in [0, 0.05) is 12.1 Å². The highest BCUT2D eigenvalue weighted by Crippen LogP contribution is 2.23. The van der Waals surface area contributed by atoms with E-state index in [4.69, 9.17) is 0 Å². The molecule has 5 heteroatoms. The highest BCUT2D eigenvalue weighted by molar-refractivity contribution is 6.12. The Labute approximate surface area is 123 Å². The summed E-state index contributed by atoms with van der Waals surface area (Å²) in [4.78, 5) is 35.6. The van der Waals surface area contributed by atoms with Gasteiger partial charge in [-0.3, -0.25) is 9.59 Å². The second kappa shape index (κ2) is 6.83. The zero-order valence-electron chi connectivity index (χ0n) is 11.7. The molecular formula is C16H17NO4. The van der Waals surface area contributed by atoms with Gasteiger partial charge in [0.05, 0.1) is 7.11 Å². The molecule has 0 heterocycles. The van der Waals surface area contributed by atoms with Gasteiger partial charge < -0.3 is 10.1 Å². The first-order valence-corrected chi connectivity index (χ1v) is 6.77. The normalized spacial score (nSPS) is 15.5. The number of esters is 1. The van der Waals surface area contributed by atoms with Crippen molar-refractivity contribution in [2.24, 2.45) is 0 Å². The number of carbonyl (C=O) groups is 3. The molecule has 1 unspecified atom stereocenters. The molecule has 1 N–H and O–H groups in total. The van der Waals surface area contributed by atoms with Gasteiger partial charge in [-0.15, -0.1) is 0 Å². The minimum Gasteiger partial charge on any atom is -0.466 e. The summed E-state index contributed by atoms with van der Waals surface area (Å²) in [5, 5.41) is 2.83. The highest BCUT2D eigenvalue weighted by Gasteiger charge is 2.31. The molecule has 1 amide bonds. The summed E-state index contributed by atoms with van der Waals surface area (Å²) in [5.74, 6) is -2.33. The third-order valence-corrected chi connectivity index (χ3v) is 3.19. The Morgan fingerprint density at radius 2 is 1.86 bits per heavy atom. The van der Waals surface area contributed by atoms with Gasteiger partial charge >= 0.3 is 5.97 Å². The number of hydrogen-bond acceptors (Lipinski definition) is 4. The average Bonchev–Trinajstić information content (AvgIpc) is 3.30. The molecule has 1 aliphatic carbocycles. The highest BCUT2D eigenvalue weighted by atomic mass is 16.5. The van der Waals surface area contributed by atoms with Crippen LogP contribution in [0.1, 0.15) is 24.3 Å². The van der Waals surface area contributed by atoms with E-state index >= 15 is 0 Å². The van der Waals surface area contributed by atoms with E-state index in [-0.39, 0.29) is 11.9 Å². The number of methoxy groups -OCH3 is 1. The monoisotopic (exact) mass is 287 g/mol. The molecule has 1 aliphatic rings. The molecule has 0 bridgehead atoms. The van der Waals surface area contributed by atoms with Crippen LogP contribution in [0.5, 0.6) is 0 Å². The van der Waals surface area contributed by atoms with E-state index in [0.29, 0.717) is 5.56 Å². The lowest BCUT2D eigenvalue weighted by Gasteiger charge is -2.14. The fourth-order valence-electron chi connectivity index (χ4n) is 1.92. The predicted molar refractivity (Wildman–Crippen MR) is 76.5 cm³/mol. The van der Waals surface area contributed by atoms with E-state index in [1.165, 1.54) is 7.11 Å². The first kappa shape index (κ1) is 15.0. The molecule has 0 aromatic heterocycles. The maximum Gasteiger partial charge on any atom is 0.330 e. The molecule has 110 valence electrons. The summed E-state index contributed by atoms with van der Waals surface area (Å²) in [6.07, 6.45) is 4.01. The fourth-order valence-corrected chi connectivity index (χ4v) is 1.92. The lowest BCUT2D eigenvalue weighted by atomic mass is 9.93. The summed E-state index contributed by atoms with van der Waals surface area (Å²) >= 11 is 0. The zero-order valence-corrected chi connectivity index (χ0v) is 11.7. The number of rotatable bonds is 6. The van der Waals surface area contributed by atoms with Crippen molar-refractivity contribution in [3.05, 3.63) is 48.0 Å². The third kappa shape index (κ3) is 4.27. The standard InChI is InChI=1S/C16H17NO4/c1-21-14(19)10-9-13(18)15(11-5-3-2-4-6-11)16(20)17-12-7-8-12/h2-6,9-10,12,15H,7-8H2,1H3,(H,17,20)/b10-9-. The summed E-state index contributed by atoms with van der Waals surface area (Å²) < 4.78 is 4.44. The van der Waals surface area contributed by atoms with Crippen molar-refractivity contribution in [2.75, 3.05) is 7.11 Å². The minimum atomic E-state index is -0.937. The molecule has 1 aromatic carbocycles. The zero-order chi connectivity index (χ0) is 15.2. The summed E-state index contributed by atoms with van der Waals surface area (Å²) in [7, 11) is 1.23. The average molecular weight is 287 g/mol. The Morgan fingerprint density at radius 3 is 2.43 bits per heavy atom. The van der Waals surface area contributed by atoms with Gasteiger partial charge in [0.2, 0.25) is 5.91 Å². The Balaban J connectivity index is 2.18. The van der Waals surface area contributed by atoms with Crippen molar-refractivity contribution in [3.8, 4) is 0 Å². The van der Waals surface area contributed by atoms with Crippen molar-refractivity contribution in [2.45, 2.75) is 24.8 Å². The van der Waals surface area contributed by atoms with E-state index in [9.17, 15) is 14.4 Å². The van der Waals surface area contributed by atoms with Crippen molar-refractivity contribution >= 4 is 17.7 Å². The molecular weight excluding hydrogens is 270 g/mol. The van der Waals surface area contributed by atoms with E-state index in [1.807, 2.05) is 6.07 Å². The second-order valence-corrected chi connectivity index (χ2v) is 4.89. The van der Waals surface area contributed by atoms with Crippen LogP contribution in [0.15, 0.2) is 42.5 Å². The number of ether oxygens (including phenoxy) is 1. The number of nitrogens with one attached hydrogen (secondary N) is 1. The summed E-state index contributed by atoms with van der Waals surface area (Å²) in [5.41, 5.74) is 0.607. The quantitative estimate of drug-likeness (QED) is 0.487. The predicted octanol–water partition coefficient (Wildman–Crippen LogP) is 1.35. The van der Waals surface area contributed by atoms with Crippen LogP contribution in [-0.4, -0.2) is 30.8 Å². The molecule has 0 saturated heterocycles. The van der Waals surface area contributed by atoms with Gasteiger partial charge in [-0.05, 0) is 24.5 Å². The topological polar surface area (TPSA) is 72.5 Å². The molecule has 1 atom stereocenters. The number of benzene rings is 1. The van der Waals surface area contributed by atoms with Crippen LogP contribution in [0.2, 0.25) is 0 Å². The van der Waals surface area contributed by atoms with E-state index in [1.54, 1.807) is 24.3 Å². The Hall–Kier alpha value is -2.43. The van der Waals surface area contributed by atoms with Crippen molar-refractivity contribution < 1.29 is 19.1 Å². The van der Waals surface area contributed by atoms with Gasteiger partial charge in [-0.1, -0.05) is 30.3 Å². The van der Waals surface area contributed by atoms with Gasteiger partial charge in [0.1, 0.15) is 5.92 Å². The van der Waals surface area contributed by atoms with E-state index in [0.717, 1.165) is 25.0 Å². The maximum absolute atomic E-state index is 12.3. The molecule has 1 fully saturated rings. The van der Waals surface area contributed by atoms with Crippen molar-refractivity contribution in [1.82, 2.24) is 5.32 Å². The summed E-state index contributed by atoms with van der Waals surface area (Å²) in [6.45, 7) is 0. The van der Waals surface area contributed by atoms with Crippen molar-refractivity contribution in [1.29, 1.82) is 0 Å². The number of amides is 1.